The number of hydrogen-bond acceptors (Lipinski definition) is 3. The van der Waals surface area contributed by atoms with Crippen LogP contribution in [-0.2, 0) is 9.59 Å². The normalized spacial score (nSPS) is 11.7. The Bertz CT molecular complexity index is 738. The van der Waals surface area contributed by atoms with Crippen molar-refractivity contribution in [3.05, 3.63) is 68.6 Å². The van der Waals surface area contributed by atoms with E-state index in [1.54, 1.807) is 0 Å². The van der Waals surface area contributed by atoms with Crippen molar-refractivity contribution < 1.29 is 9.59 Å². The van der Waals surface area contributed by atoms with Gasteiger partial charge in [0, 0.05) is 15.0 Å². The summed E-state index contributed by atoms with van der Waals surface area (Å²) < 4.78 is 2.12. The molecule has 2 rings (SSSR count). The average Bonchev–Trinajstić information content (AvgIpc) is 2.69. The van der Waals surface area contributed by atoms with E-state index in [0.29, 0.717) is 10.7 Å². The summed E-state index contributed by atoms with van der Waals surface area (Å²) in [6.45, 7) is 3.94. The monoisotopic (exact) mass is 718 g/mol. The van der Waals surface area contributed by atoms with Crippen LogP contribution in [0, 0.1) is 0 Å². The summed E-state index contributed by atoms with van der Waals surface area (Å²) in [5.74, 6) is 0.000388. The first-order chi connectivity index (χ1) is 13.6. The summed E-state index contributed by atoms with van der Waals surface area (Å²) >= 11 is 15.4. The number of hydrogen-bond donors (Lipinski definition) is 2. The zero-order chi connectivity index (χ0) is 22.4. The van der Waals surface area contributed by atoms with Gasteiger partial charge in [-0.05, 0) is 65.2 Å². The Hall–Kier alpha value is -0.0600. The molecule has 0 aliphatic rings. The zero-order valence-electron chi connectivity index (χ0n) is 16.0. The number of nitrogens with one attached hydrogen (secondary N) is 1. The van der Waals surface area contributed by atoms with Crippen LogP contribution in [0.4, 0.5) is 0 Å². The van der Waals surface area contributed by atoms with Crippen LogP contribution in [0.25, 0.3) is 0 Å². The van der Waals surface area contributed by atoms with Crippen molar-refractivity contribution in [2.75, 3.05) is 10.7 Å². The van der Waals surface area contributed by atoms with Crippen LogP contribution in [-0.4, -0.2) is 21.3 Å². The molecule has 2 atom stereocenters. The molecule has 160 valence electrons. The molecule has 0 fully saturated rings. The second-order valence-electron chi connectivity index (χ2n) is 5.80. The van der Waals surface area contributed by atoms with Crippen molar-refractivity contribution in [3.8, 4) is 0 Å². The van der Waals surface area contributed by atoms with Gasteiger partial charge in [0.05, 0.1) is 16.7 Å². The Kier molecular flexibility index (Phi) is 16.6. The van der Waals surface area contributed by atoms with Gasteiger partial charge in [0.25, 0.3) is 0 Å². The molecule has 0 heterocycles. The third-order valence-corrected chi connectivity index (χ3v) is 6.48. The highest BCUT2D eigenvalue weighted by molar-refractivity contribution is 9.19. The van der Waals surface area contributed by atoms with E-state index >= 15 is 0 Å². The molecule has 3 N–H and O–H groups in total. The fourth-order valence-corrected chi connectivity index (χ4v) is 2.57. The highest BCUT2D eigenvalue weighted by Crippen LogP contribution is 2.16. The van der Waals surface area contributed by atoms with Crippen molar-refractivity contribution in [2.24, 2.45) is 5.73 Å². The van der Waals surface area contributed by atoms with Crippen LogP contribution in [0.2, 0.25) is 0 Å². The highest BCUT2D eigenvalue weighted by Gasteiger charge is 2.07. The molecule has 0 radical (unpaired) electrons. The quantitative estimate of drug-likeness (QED) is 0.264. The molecular formula is C20H23Br5N2O2. The minimum Gasteiger partial charge on any atom is -0.349 e. The summed E-state index contributed by atoms with van der Waals surface area (Å²) in [6, 6.07) is 16.1. The zero-order valence-corrected chi connectivity index (χ0v) is 23.9. The Morgan fingerprint density at radius 3 is 1.55 bits per heavy atom. The molecule has 0 unspecified atom stereocenters. The molecule has 0 aliphatic heterocycles. The average molecular weight is 723 g/mol. The van der Waals surface area contributed by atoms with Crippen LogP contribution >= 0.6 is 79.6 Å². The second-order valence-corrected chi connectivity index (χ2v) is 9.64. The van der Waals surface area contributed by atoms with Crippen molar-refractivity contribution in [3.63, 3.8) is 0 Å². The lowest BCUT2D eigenvalue weighted by atomic mass is 10.1. The topological polar surface area (TPSA) is 72.2 Å². The minimum atomic E-state index is -0.0162. The first-order valence-corrected chi connectivity index (χ1v) is 13.1. The van der Waals surface area contributed by atoms with E-state index in [9.17, 15) is 9.59 Å². The third kappa shape index (κ3) is 14.6. The molecule has 0 spiro atoms. The number of rotatable bonds is 5. The molecule has 29 heavy (non-hydrogen) atoms. The van der Waals surface area contributed by atoms with Gasteiger partial charge in [-0.3, -0.25) is 9.59 Å². The maximum absolute atomic E-state index is 11.1. The predicted octanol–water partition coefficient (Wildman–Crippen LogP) is 6.79. The van der Waals surface area contributed by atoms with E-state index in [-0.39, 0.29) is 22.7 Å². The maximum atomic E-state index is 11.1. The molecule has 0 saturated carbocycles. The first kappa shape index (κ1) is 28.9. The van der Waals surface area contributed by atoms with Crippen LogP contribution in [0.5, 0.6) is 0 Å². The summed E-state index contributed by atoms with van der Waals surface area (Å²) in [5.41, 5.74) is 7.92. The lowest BCUT2D eigenvalue weighted by Crippen LogP contribution is -2.27. The van der Waals surface area contributed by atoms with E-state index in [0.717, 1.165) is 14.5 Å². The smallest absolute Gasteiger partial charge is 0.231 e. The lowest BCUT2D eigenvalue weighted by molar-refractivity contribution is -0.119. The van der Waals surface area contributed by atoms with Gasteiger partial charge in [-0.2, -0.15) is 0 Å². The van der Waals surface area contributed by atoms with Gasteiger partial charge in [-0.1, -0.05) is 88.0 Å². The van der Waals surface area contributed by atoms with Gasteiger partial charge >= 0.3 is 0 Å². The van der Waals surface area contributed by atoms with E-state index in [1.807, 2.05) is 62.4 Å². The molecule has 2 aromatic rings. The molecule has 0 saturated heterocycles. The van der Waals surface area contributed by atoms with E-state index < -0.39 is 0 Å². The molecule has 4 nitrogen and oxygen atoms in total. The molecule has 9 heteroatoms. The van der Waals surface area contributed by atoms with E-state index in [4.69, 9.17) is 5.73 Å². The fourth-order valence-electron chi connectivity index (χ4n) is 1.88. The minimum absolute atomic E-state index is 0.000388. The maximum Gasteiger partial charge on any atom is 0.231 e. The van der Waals surface area contributed by atoms with Crippen molar-refractivity contribution in [2.45, 2.75) is 25.9 Å². The molecule has 0 aliphatic carbocycles. The fraction of sp³-hybridized carbons (Fsp3) is 0.300. The number of alkyl halides is 2. The Balaban J connectivity index is 0.000000455. The van der Waals surface area contributed by atoms with Gasteiger partial charge in [0.1, 0.15) is 0 Å². The summed E-state index contributed by atoms with van der Waals surface area (Å²) in [6.07, 6.45) is 0. The van der Waals surface area contributed by atoms with Crippen molar-refractivity contribution in [1.29, 1.82) is 0 Å². The van der Waals surface area contributed by atoms with Crippen LogP contribution in [0.3, 0.4) is 0 Å². The molecule has 2 aromatic carbocycles. The number of carbonyl (C=O) groups is 2. The van der Waals surface area contributed by atoms with Gasteiger partial charge < -0.3 is 11.1 Å². The molecule has 1 amide bonds. The summed E-state index contributed by atoms with van der Waals surface area (Å²) in [7, 11) is 0. The van der Waals surface area contributed by atoms with E-state index in [1.165, 1.54) is 5.56 Å². The second kappa shape index (κ2) is 16.6. The largest absolute Gasteiger partial charge is 0.349 e. The van der Waals surface area contributed by atoms with Gasteiger partial charge in [0.2, 0.25) is 10.6 Å². The van der Waals surface area contributed by atoms with Crippen LogP contribution in [0.1, 0.15) is 37.1 Å². The summed E-state index contributed by atoms with van der Waals surface area (Å²) in [5, 5.41) is 3.60. The molecule has 0 aromatic heterocycles. The van der Waals surface area contributed by atoms with Gasteiger partial charge in [0.15, 0.2) is 0 Å². The Morgan fingerprint density at radius 1 is 0.862 bits per heavy atom. The van der Waals surface area contributed by atoms with Gasteiger partial charge in [-0.25, -0.2) is 0 Å². The number of carbonyl (C=O) groups excluding carboxylic acids is 2. The molecular weight excluding hydrogens is 700 g/mol. The number of amides is 1. The standard InChI is InChI=1S/C10H11Br2NO.C8H10BrN.C2H2Br2O/c1-7(13-10(14)6-11)8-2-4-9(12)5-3-8;1-6(10)7-2-4-8(9)5-3-7;3-1-2(4)5/h2-5,7H,6H2,1H3,(H,13,14);2-6H,10H2,1H3;1H2/t7-;6-;/m00./s1. The summed E-state index contributed by atoms with van der Waals surface area (Å²) in [4.78, 5) is 20.8. The highest BCUT2D eigenvalue weighted by atomic mass is 79.9. The number of halogens is 5. The van der Waals surface area contributed by atoms with Crippen LogP contribution in [0.15, 0.2) is 57.5 Å². The number of benzene rings is 2. The first-order valence-electron chi connectivity index (χ1n) is 8.46. The van der Waals surface area contributed by atoms with Crippen molar-refractivity contribution >= 4 is 90.2 Å². The Morgan fingerprint density at radius 2 is 1.24 bits per heavy atom. The lowest BCUT2D eigenvalue weighted by Gasteiger charge is -2.13. The van der Waals surface area contributed by atoms with E-state index in [2.05, 4.69) is 85.0 Å². The predicted molar refractivity (Wildman–Crippen MR) is 139 cm³/mol. The van der Waals surface area contributed by atoms with Gasteiger partial charge in [-0.15, -0.1) is 0 Å². The van der Waals surface area contributed by atoms with Crippen LogP contribution < -0.4 is 11.1 Å². The van der Waals surface area contributed by atoms with Crippen molar-refractivity contribution in [1.82, 2.24) is 5.32 Å². The Labute approximate surface area is 214 Å². The third-order valence-electron chi connectivity index (χ3n) is 3.37. The molecule has 0 bridgehead atoms. The number of nitrogens with two attached hydrogens (primary N) is 1. The SMILES string of the molecule is C[C@H](N)c1ccc(Br)cc1.C[C@H](NC(=O)CBr)c1ccc(Br)cc1.O=C(Br)CBr.